The number of aromatic nitrogens is 1. The number of aryl methyl sites for hydroxylation is 2. The number of anilines is 1. The number of nitro groups is 1. The molecule has 114 valence electrons. The third kappa shape index (κ3) is 2.64. The molecule has 0 saturated heterocycles. The van der Waals surface area contributed by atoms with Crippen molar-refractivity contribution in [2.75, 3.05) is 5.32 Å². The van der Waals surface area contributed by atoms with Gasteiger partial charge < -0.3 is 5.32 Å². The van der Waals surface area contributed by atoms with Crippen LogP contribution in [0, 0.1) is 22.9 Å². The Hall–Kier alpha value is -2.50. The van der Waals surface area contributed by atoms with Crippen molar-refractivity contribution in [1.82, 2.24) is 4.98 Å². The monoisotopic (exact) mass is 301 g/mol. The van der Waals surface area contributed by atoms with Gasteiger partial charge in [-0.3, -0.25) is 10.1 Å². The summed E-state index contributed by atoms with van der Waals surface area (Å²) in [5.41, 5.74) is 2.48. The van der Waals surface area contributed by atoms with Crippen LogP contribution in [0.25, 0.3) is 0 Å². The lowest BCUT2D eigenvalue weighted by molar-refractivity contribution is -0.384. The van der Waals surface area contributed by atoms with Crippen LogP contribution >= 0.6 is 0 Å². The van der Waals surface area contributed by atoms with Crippen molar-refractivity contribution >= 4 is 11.5 Å². The van der Waals surface area contributed by atoms with E-state index >= 15 is 0 Å². The molecule has 1 atom stereocenters. The van der Waals surface area contributed by atoms with Crippen LogP contribution in [0.5, 0.6) is 0 Å². The van der Waals surface area contributed by atoms with Gasteiger partial charge in [-0.2, -0.15) is 0 Å². The number of hydrogen-bond acceptors (Lipinski definition) is 4. The van der Waals surface area contributed by atoms with E-state index in [2.05, 4.69) is 10.3 Å². The SMILES string of the molecule is Cc1ccnc(NC2CCCc3ccc(F)cc32)c1[N+](=O)[O-]. The molecular formula is C16H16FN3O2. The van der Waals surface area contributed by atoms with E-state index in [9.17, 15) is 14.5 Å². The Kier molecular flexibility index (Phi) is 3.75. The van der Waals surface area contributed by atoms with E-state index in [0.717, 1.165) is 30.4 Å². The number of fused-ring (bicyclic) bond motifs is 1. The quantitative estimate of drug-likeness (QED) is 0.689. The summed E-state index contributed by atoms with van der Waals surface area (Å²) in [4.78, 5) is 14.9. The van der Waals surface area contributed by atoms with Crippen molar-refractivity contribution in [3.8, 4) is 0 Å². The molecule has 1 heterocycles. The normalized spacial score (nSPS) is 16.9. The largest absolute Gasteiger partial charge is 0.358 e. The Morgan fingerprint density at radius 2 is 2.23 bits per heavy atom. The molecule has 1 unspecified atom stereocenters. The smallest absolute Gasteiger partial charge is 0.314 e. The molecular weight excluding hydrogens is 285 g/mol. The Bertz CT molecular complexity index is 733. The first-order valence-corrected chi connectivity index (χ1v) is 7.21. The first-order valence-electron chi connectivity index (χ1n) is 7.21. The zero-order chi connectivity index (χ0) is 15.7. The van der Waals surface area contributed by atoms with Gasteiger partial charge in [0.1, 0.15) is 5.82 Å². The van der Waals surface area contributed by atoms with E-state index in [1.807, 2.05) is 0 Å². The highest BCUT2D eigenvalue weighted by Gasteiger charge is 2.25. The number of rotatable bonds is 3. The second-order valence-corrected chi connectivity index (χ2v) is 5.51. The predicted octanol–water partition coefficient (Wildman–Crippen LogP) is 3.93. The number of benzene rings is 1. The maximum absolute atomic E-state index is 13.5. The Morgan fingerprint density at radius 3 is 3.00 bits per heavy atom. The molecule has 1 aliphatic rings. The molecule has 22 heavy (non-hydrogen) atoms. The molecule has 0 saturated carbocycles. The minimum Gasteiger partial charge on any atom is -0.358 e. The van der Waals surface area contributed by atoms with Gasteiger partial charge in [-0.1, -0.05) is 6.07 Å². The molecule has 0 bridgehead atoms. The molecule has 2 aromatic rings. The van der Waals surface area contributed by atoms with Gasteiger partial charge in [-0.15, -0.1) is 0 Å². The third-order valence-corrected chi connectivity index (χ3v) is 4.04. The Balaban J connectivity index is 1.98. The summed E-state index contributed by atoms with van der Waals surface area (Å²) in [5, 5.41) is 14.4. The molecule has 0 radical (unpaired) electrons. The van der Waals surface area contributed by atoms with Gasteiger partial charge in [-0.25, -0.2) is 9.37 Å². The topological polar surface area (TPSA) is 68.1 Å². The lowest BCUT2D eigenvalue weighted by Gasteiger charge is -2.26. The first kappa shape index (κ1) is 14.4. The van der Waals surface area contributed by atoms with Crippen LogP contribution in [0.3, 0.4) is 0 Å². The van der Waals surface area contributed by atoms with E-state index < -0.39 is 4.92 Å². The molecule has 1 N–H and O–H groups in total. The Labute approximate surface area is 127 Å². The summed E-state index contributed by atoms with van der Waals surface area (Å²) < 4.78 is 13.5. The fraction of sp³-hybridized carbons (Fsp3) is 0.312. The molecule has 0 aliphatic heterocycles. The molecule has 0 fully saturated rings. The minimum absolute atomic E-state index is 0.0222. The number of hydrogen-bond donors (Lipinski definition) is 1. The Morgan fingerprint density at radius 1 is 1.41 bits per heavy atom. The van der Waals surface area contributed by atoms with Crippen LogP contribution in [-0.2, 0) is 6.42 Å². The van der Waals surface area contributed by atoms with Crippen molar-refractivity contribution in [3.05, 3.63) is 63.1 Å². The molecule has 3 rings (SSSR count). The van der Waals surface area contributed by atoms with Crippen LogP contribution in [0.1, 0.15) is 35.6 Å². The van der Waals surface area contributed by atoms with Crippen LogP contribution in [-0.4, -0.2) is 9.91 Å². The van der Waals surface area contributed by atoms with Crippen molar-refractivity contribution < 1.29 is 9.31 Å². The summed E-state index contributed by atoms with van der Waals surface area (Å²) in [7, 11) is 0. The second-order valence-electron chi connectivity index (χ2n) is 5.51. The van der Waals surface area contributed by atoms with Gasteiger partial charge in [0.15, 0.2) is 0 Å². The fourth-order valence-electron chi connectivity index (χ4n) is 2.97. The number of halogens is 1. The highest BCUT2D eigenvalue weighted by atomic mass is 19.1. The minimum atomic E-state index is -0.431. The van der Waals surface area contributed by atoms with E-state index in [1.54, 1.807) is 25.3 Å². The van der Waals surface area contributed by atoms with E-state index in [4.69, 9.17) is 0 Å². The molecule has 6 heteroatoms. The van der Waals surface area contributed by atoms with Gasteiger partial charge in [0.25, 0.3) is 0 Å². The summed E-state index contributed by atoms with van der Waals surface area (Å²) in [5.74, 6) is -0.0498. The number of nitrogens with one attached hydrogen (secondary N) is 1. The van der Waals surface area contributed by atoms with Crippen LogP contribution in [0.15, 0.2) is 30.5 Å². The summed E-state index contributed by atoms with van der Waals surface area (Å²) >= 11 is 0. The maximum Gasteiger partial charge on any atom is 0.314 e. The van der Waals surface area contributed by atoms with Gasteiger partial charge >= 0.3 is 5.69 Å². The highest BCUT2D eigenvalue weighted by Crippen LogP contribution is 2.35. The number of pyridine rings is 1. The molecule has 1 aliphatic carbocycles. The lowest BCUT2D eigenvalue weighted by Crippen LogP contribution is -2.19. The fourth-order valence-corrected chi connectivity index (χ4v) is 2.97. The average molecular weight is 301 g/mol. The highest BCUT2D eigenvalue weighted by molar-refractivity contribution is 5.61. The molecule has 0 spiro atoms. The van der Waals surface area contributed by atoms with E-state index in [0.29, 0.717) is 5.56 Å². The van der Waals surface area contributed by atoms with Crippen molar-refractivity contribution in [1.29, 1.82) is 0 Å². The van der Waals surface area contributed by atoms with Crippen molar-refractivity contribution in [2.24, 2.45) is 0 Å². The van der Waals surface area contributed by atoms with Gasteiger partial charge in [0.2, 0.25) is 5.82 Å². The molecule has 0 amide bonds. The molecule has 1 aromatic heterocycles. The molecule has 5 nitrogen and oxygen atoms in total. The average Bonchev–Trinajstić information content (AvgIpc) is 2.47. The summed E-state index contributed by atoms with van der Waals surface area (Å²) in [6.45, 7) is 1.68. The third-order valence-electron chi connectivity index (χ3n) is 4.04. The van der Waals surface area contributed by atoms with Gasteiger partial charge in [0.05, 0.1) is 11.0 Å². The first-order chi connectivity index (χ1) is 10.6. The van der Waals surface area contributed by atoms with Crippen LogP contribution < -0.4 is 5.32 Å². The zero-order valence-electron chi connectivity index (χ0n) is 12.2. The standard InChI is InChI=1S/C16H16FN3O2/c1-10-7-8-18-16(15(10)20(21)22)19-14-4-2-3-11-5-6-12(17)9-13(11)14/h5-9,14H,2-4H2,1H3,(H,18,19). The molecule has 1 aromatic carbocycles. The second kappa shape index (κ2) is 5.71. The van der Waals surface area contributed by atoms with Crippen molar-refractivity contribution in [2.45, 2.75) is 32.2 Å². The zero-order valence-corrected chi connectivity index (χ0v) is 12.2. The van der Waals surface area contributed by atoms with E-state index in [-0.39, 0.29) is 23.4 Å². The van der Waals surface area contributed by atoms with Crippen molar-refractivity contribution in [3.63, 3.8) is 0 Å². The van der Waals surface area contributed by atoms with E-state index in [1.165, 1.54) is 12.1 Å². The van der Waals surface area contributed by atoms with Gasteiger partial charge in [-0.05, 0) is 55.5 Å². The maximum atomic E-state index is 13.5. The number of nitrogens with zero attached hydrogens (tertiary/aromatic N) is 2. The van der Waals surface area contributed by atoms with Crippen LogP contribution in [0.2, 0.25) is 0 Å². The summed E-state index contributed by atoms with van der Waals surface area (Å²) in [6, 6.07) is 6.20. The summed E-state index contributed by atoms with van der Waals surface area (Å²) in [6.07, 6.45) is 4.19. The lowest BCUT2D eigenvalue weighted by atomic mass is 9.87. The predicted molar refractivity (Wildman–Crippen MR) is 81.3 cm³/mol. The van der Waals surface area contributed by atoms with Gasteiger partial charge in [0, 0.05) is 11.8 Å². The van der Waals surface area contributed by atoms with Crippen LogP contribution in [0.4, 0.5) is 15.9 Å².